The first kappa shape index (κ1) is 11.5. The number of carboxylic acid groups (broad SMARTS) is 1. The zero-order valence-electron chi connectivity index (χ0n) is 8.17. The minimum absolute atomic E-state index is 0.152. The second kappa shape index (κ2) is 4.14. The molecule has 0 spiro atoms. The van der Waals surface area contributed by atoms with Gasteiger partial charge in [-0.2, -0.15) is 5.10 Å². The summed E-state index contributed by atoms with van der Waals surface area (Å²) >= 11 is 5.47. The van der Waals surface area contributed by atoms with E-state index in [1.807, 2.05) is 0 Å². The van der Waals surface area contributed by atoms with Gasteiger partial charge in [0.2, 0.25) is 0 Å². The Balaban J connectivity index is 2.49. The van der Waals surface area contributed by atoms with Gasteiger partial charge in [-0.1, -0.05) is 11.6 Å². The summed E-state index contributed by atoms with van der Waals surface area (Å²) in [7, 11) is 0. The van der Waals surface area contributed by atoms with Crippen molar-refractivity contribution in [2.75, 3.05) is 0 Å². The molecule has 0 unspecified atom stereocenters. The normalized spacial score (nSPS) is 10.5. The molecule has 0 aliphatic heterocycles. The molecular weight excluding hydrogens is 254 g/mol. The maximum absolute atomic E-state index is 13.1. The molecule has 1 heterocycles. The zero-order valence-corrected chi connectivity index (χ0v) is 8.92. The molecular formula is C10H5ClF2N2O2. The highest BCUT2D eigenvalue weighted by molar-refractivity contribution is 6.31. The van der Waals surface area contributed by atoms with Gasteiger partial charge in [0, 0.05) is 5.56 Å². The summed E-state index contributed by atoms with van der Waals surface area (Å²) in [6.45, 7) is 0. The first-order chi connectivity index (χ1) is 7.99. The summed E-state index contributed by atoms with van der Waals surface area (Å²) in [4.78, 5) is 10.6. The van der Waals surface area contributed by atoms with Crippen LogP contribution in [0.1, 0.15) is 10.5 Å². The van der Waals surface area contributed by atoms with E-state index in [0.717, 1.165) is 6.07 Å². The van der Waals surface area contributed by atoms with E-state index in [0.29, 0.717) is 0 Å². The monoisotopic (exact) mass is 258 g/mol. The van der Waals surface area contributed by atoms with E-state index < -0.39 is 17.6 Å². The van der Waals surface area contributed by atoms with Gasteiger partial charge in [-0.15, -0.1) is 0 Å². The van der Waals surface area contributed by atoms with Crippen LogP contribution in [-0.2, 0) is 0 Å². The summed E-state index contributed by atoms with van der Waals surface area (Å²) in [6, 6.07) is 3.26. The maximum Gasteiger partial charge on any atom is 0.353 e. The van der Waals surface area contributed by atoms with Crippen molar-refractivity contribution in [3.8, 4) is 11.3 Å². The fraction of sp³-hybridized carbons (Fsp3) is 0. The molecule has 7 heteroatoms. The molecule has 88 valence electrons. The summed E-state index contributed by atoms with van der Waals surface area (Å²) in [6.07, 6.45) is 0. The lowest BCUT2D eigenvalue weighted by Crippen LogP contribution is -1.95. The molecule has 0 aliphatic carbocycles. The van der Waals surface area contributed by atoms with Crippen LogP contribution in [0.3, 0.4) is 0 Å². The minimum atomic E-state index is -1.20. The summed E-state index contributed by atoms with van der Waals surface area (Å²) < 4.78 is 26.0. The minimum Gasteiger partial charge on any atom is -0.477 e. The average molecular weight is 259 g/mol. The Bertz CT molecular complexity index is 575. The van der Waals surface area contributed by atoms with Crippen LogP contribution in [0.5, 0.6) is 0 Å². The number of carboxylic acids is 1. The highest BCUT2D eigenvalue weighted by atomic mass is 35.5. The number of aromatic carboxylic acids is 1. The highest BCUT2D eigenvalue weighted by Crippen LogP contribution is 2.26. The number of H-pyrrole nitrogens is 1. The summed E-state index contributed by atoms with van der Waals surface area (Å²) in [5.41, 5.74) is 0.210. The molecule has 0 saturated heterocycles. The number of hydrogen-bond donors (Lipinski definition) is 2. The Hall–Kier alpha value is -1.95. The van der Waals surface area contributed by atoms with Crippen LogP contribution in [0, 0.1) is 11.6 Å². The van der Waals surface area contributed by atoms with E-state index >= 15 is 0 Å². The van der Waals surface area contributed by atoms with Gasteiger partial charge in [-0.25, -0.2) is 13.6 Å². The fourth-order valence-electron chi connectivity index (χ4n) is 1.28. The smallest absolute Gasteiger partial charge is 0.353 e. The summed E-state index contributed by atoms with van der Waals surface area (Å²) in [5.74, 6) is -3.46. The van der Waals surface area contributed by atoms with Gasteiger partial charge in [0.25, 0.3) is 0 Å². The van der Waals surface area contributed by atoms with Gasteiger partial charge in [-0.05, 0) is 18.2 Å². The van der Waals surface area contributed by atoms with E-state index in [9.17, 15) is 13.6 Å². The predicted molar refractivity (Wildman–Crippen MR) is 55.9 cm³/mol. The third-order valence-corrected chi connectivity index (χ3v) is 2.36. The molecule has 17 heavy (non-hydrogen) atoms. The van der Waals surface area contributed by atoms with E-state index in [-0.39, 0.29) is 22.0 Å². The quantitative estimate of drug-likeness (QED) is 0.814. The molecule has 2 aromatic rings. The molecule has 2 N–H and O–H groups in total. The molecule has 4 nitrogen and oxygen atoms in total. The van der Waals surface area contributed by atoms with Gasteiger partial charge in [0.05, 0.1) is 10.7 Å². The molecule has 0 aliphatic rings. The van der Waals surface area contributed by atoms with E-state index in [1.54, 1.807) is 0 Å². The number of benzene rings is 1. The van der Waals surface area contributed by atoms with Crippen molar-refractivity contribution in [1.29, 1.82) is 0 Å². The fourth-order valence-corrected chi connectivity index (χ4v) is 1.49. The van der Waals surface area contributed by atoms with Gasteiger partial charge in [0.15, 0.2) is 11.6 Å². The third-order valence-electron chi connectivity index (χ3n) is 2.09. The van der Waals surface area contributed by atoms with Crippen molar-refractivity contribution in [2.24, 2.45) is 0 Å². The molecule has 2 rings (SSSR count). The van der Waals surface area contributed by atoms with Crippen molar-refractivity contribution in [2.45, 2.75) is 0 Å². The molecule has 0 amide bonds. The standard InChI is InChI=1S/C10H5ClF2N2O2/c11-5-1-4(2-6(12)9(5)13)7-3-8(10(16)17)15-14-7/h1-3H,(H,14,15)(H,16,17). The van der Waals surface area contributed by atoms with Crippen LogP contribution in [0.25, 0.3) is 11.3 Å². The number of halogens is 3. The van der Waals surface area contributed by atoms with E-state index in [1.165, 1.54) is 12.1 Å². The lowest BCUT2D eigenvalue weighted by Gasteiger charge is -2.00. The van der Waals surface area contributed by atoms with Gasteiger partial charge in [-0.3, -0.25) is 5.10 Å². The lowest BCUT2D eigenvalue weighted by atomic mass is 10.1. The first-order valence-corrected chi connectivity index (χ1v) is 4.80. The van der Waals surface area contributed by atoms with Crippen molar-refractivity contribution >= 4 is 17.6 Å². The Morgan fingerprint density at radius 2 is 2.06 bits per heavy atom. The van der Waals surface area contributed by atoms with Crippen molar-refractivity contribution in [1.82, 2.24) is 10.2 Å². The molecule has 0 saturated carbocycles. The SMILES string of the molecule is O=C(O)c1cc(-c2cc(F)c(F)c(Cl)c2)n[nH]1. The topological polar surface area (TPSA) is 66.0 Å². The first-order valence-electron chi connectivity index (χ1n) is 4.42. The van der Waals surface area contributed by atoms with E-state index in [2.05, 4.69) is 10.2 Å². The van der Waals surface area contributed by atoms with Crippen molar-refractivity contribution in [3.05, 3.63) is 40.6 Å². The number of aromatic amines is 1. The number of rotatable bonds is 2. The molecule has 1 aromatic heterocycles. The average Bonchev–Trinajstić information content (AvgIpc) is 2.74. The van der Waals surface area contributed by atoms with Crippen LogP contribution in [0.2, 0.25) is 5.02 Å². The van der Waals surface area contributed by atoms with Crippen LogP contribution in [0.4, 0.5) is 8.78 Å². The van der Waals surface area contributed by atoms with Gasteiger partial charge >= 0.3 is 5.97 Å². The Kier molecular flexibility index (Phi) is 2.81. The van der Waals surface area contributed by atoms with E-state index in [4.69, 9.17) is 16.7 Å². The van der Waals surface area contributed by atoms with Crippen LogP contribution < -0.4 is 0 Å². The Morgan fingerprint density at radius 1 is 1.35 bits per heavy atom. The van der Waals surface area contributed by atoms with Gasteiger partial charge < -0.3 is 5.11 Å². The number of aromatic nitrogens is 2. The number of hydrogen-bond acceptors (Lipinski definition) is 2. The van der Waals surface area contributed by atoms with Crippen LogP contribution >= 0.6 is 11.6 Å². The lowest BCUT2D eigenvalue weighted by molar-refractivity contribution is 0.0690. The number of nitrogens with zero attached hydrogens (tertiary/aromatic N) is 1. The number of nitrogens with one attached hydrogen (secondary N) is 1. The van der Waals surface area contributed by atoms with Crippen molar-refractivity contribution < 1.29 is 18.7 Å². The third kappa shape index (κ3) is 2.12. The molecule has 0 fully saturated rings. The Morgan fingerprint density at radius 3 is 2.59 bits per heavy atom. The van der Waals surface area contributed by atoms with Crippen molar-refractivity contribution in [3.63, 3.8) is 0 Å². The summed E-state index contributed by atoms with van der Waals surface area (Å²) in [5, 5.41) is 14.2. The molecule has 0 atom stereocenters. The molecule has 0 bridgehead atoms. The Labute approximate surface area is 98.8 Å². The molecule has 1 aromatic carbocycles. The maximum atomic E-state index is 13.1. The second-order valence-corrected chi connectivity index (χ2v) is 3.63. The van der Waals surface area contributed by atoms with Gasteiger partial charge in [0.1, 0.15) is 5.69 Å². The van der Waals surface area contributed by atoms with Crippen LogP contribution in [0.15, 0.2) is 18.2 Å². The predicted octanol–water partition coefficient (Wildman–Crippen LogP) is 2.71. The zero-order chi connectivity index (χ0) is 12.6. The second-order valence-electron chi connectivity index (χ2n) is 3.23. The van der Waals surface area contributed by atoms with Crippen LogP contribution in [-0.4, -0.2) is 21.3 Å². The highest BCUT2D eigenvalue weighted by Gasteiger charge is 2.14. The molecule has 0 radical (unpaired) electrons. The number of carbonyl (C=O) groups is 1. The largest absolute Gasteiger partial charge is 0.477 e.